The molecule has 0 radical (unpaired) electrons. The Balaban J connectivity index is 1.69. The van der Waals surface area contributed by atoms with Gasteiger partial charge in [0.25, 0.3) is 10.0 Å². The molecule has 4 rings (SSSR count). The highest BCUT2D eigenvalue weighted by Crippen LogP contribution is 2.29. The fourth-order valence-electron chi connectivity index (χ4n) is 4.34. The second kappa shape index (κ2) is 14.7. The molecule has 0 saturated carbocycles. The van der Waals surface area contributed by atoms with E-state index in [2.05, 4.69) is 5.32 Å². The molecule has 0 saturated heterocycles. The van der Waals surface area contributed by atoms with E-state index in [1.807, 2.05) is 37.3 Å². The molecule has 0 aliphatic carbocycles. The summed E-state index contributed by atoms with van der Waals surface area (Å²) < 4.78 is 34.8. The zero-order valence-electron chi connectivity index (χ0n) is 24.0. The van der Waals surface area contributed by atoms with Crippen molar-refractivity contribution in [1.82, 2.24) is 10.2 Å². The number of rotatable bonds is 13. The third kappa shape index (κ3) is 8.15. The summed E-state index contributed by atoms with van der Waals surface area (Å²) in [6.45, 7) is 3.46. The predicted octanol–water partition coefficient (Wildman–Crippen LogP) is 6.27. The van der Waals surface area contributed by atoms with Gasteiger partial charge in [-0.05, 0) is 73.5 Å². The van der Waals surface area contributed by atoms with Gasteiger partial charge >= 0.3 is 0 Å². The Morgan fingerprint density at radius 3 is 2.05 bits per heavy atom. The Bertz CT molecular complexity index is 1620. The number of ether oxygens (including phenoxy) is 1. The number of amides is 2. The fraction of sp³-hybridized carbons (Fsp3) is 0.212. The zero-order valence-corrected chi connectivity index (χ0v) is 25.6. The molecule has 1 atom stereocenters. The summed E-state index contributed by atoms with van der Waals surface area (Å²) in [5.41, 5.74) is 0.894. The number of nitrogens with zero attached hydrogens (tertiary/aromatic N) is 2. The quantitative estimate of drug-likeness (QED) is 0.190. The molecule has 4 aromatic rings. The van der Waals surface area contributed by atoms with Crippen molar-refractivity contribution in [2.45, 2.75) is 37.8 Å². The summed E-state index contributed by atoms with van der Waals surface area (Å²) in [6, 6.07) is 29.7. The van der Waals surface area contributed by atoms with Gasteiger partial charge in [-0.1, -0.05) is 73.1 Å². The number of carbonyl (C=O) groups is 2. The average Bonchev–Trinajstić information content (AvgIpc) is 3.03. The first-order valence-corrected chi connectivity index (χ1v) is 15.7. The summed E-state index contributed by atoms with van der Waals surface area (Å²) in [6.07, 6.45) is 0.726. The van der Waals surface area contributed by atoms with Crippen molar-refractivity contribution < 1.29 is 22.7 Å². The largest absolute Gasteiger partial charge is 0.457 e. The monoisotopic (exact) mass is 619 g/mol. The van der Waals surface area contributed by atoms with Gasteiger partial charge < -0.3 is 15.0 Å². The molecule has 1 unspecified atom stereocenters. The van der Waals surface area contributed by atoms with Gasteiger partial charge in [0.05, 0.1) is 10.6 Å². The molecular weight excluding hydrogens is 586 g/mol. The molecule has 8 nitrogen and oxygen atoms in total. The van der Waals surface area contributed by atoms with E-state index >= 15 is 0 Å². The first-order valence-electron chi connectivity index (χ1n) is 13.9. The maximum absolute atomic E-state index is 14.0. The first-order chi connectivity index (χ1) is 20.7. The molecule has 1 N–H and O–H groups in total. The van der Waals surface area contributed by atoms with Crippen LogP contribution in [0.4, 0.5) is 5.69 Å². The molecular formula is C33H34ClN3O5S. The van der Waals surface area contributed by atoms with Crippen LogP contribution in [0.3, 0.4) is 0 Å². The lowest BCUT2D eigenvalue weighted by Gasteiger charge is -2.32. The normalized spacial score (nSPS) is 11.8. The van der Waals surface area contributed by atoms with Gasteiger partial charge in [-0.3, -0.25) is 13.9 Å². The van der Waals surface area contributed by atoms with Crippen LogP contribution in [-0.2, 0) is 26.2 Å². The van der Waals surface area contributed by atoms with Crippen molar-refractivity contribution in [3.05, 3.63) is 120 Å². The number of para-hydroxylation sites is 1. The van der Waals surface area contributed by atoms with Crippen LogP contribution in [0.5, 0.6) is 11.5 Å². The Labute approximate surface area is 257 Å². The summed E-state index contributed by atoms with van der Waals surface area (Å²) in [5.74, 6) is 0.218. The number of anilines is 1. The van der Waals surface area contributed by atoms with Gasteiger partial charge in [0.1, 0.15) is 24.1 Å². The number of halogens is 1. The van der Waals surface area contributed by atoms with E-state index in [-0.39, 0.29) is 23.0 Å². The summed E-state index contributed by atoms with van der Waals surface area (Å²) in [7, 11) is -4.18. The van der Waals surface area contributed by atoms with E-state index in [4.69, 9.17) is 16.3 Å². The molecule has 0 fully saturated rings. The Hall–Kier alpha value is -4.34. The third-order valence-corrected chi connectivity index (χ3v) is 8.89. The standard InChI is InChI=1S/C33H34ClN3O5S/c1-3-22-35-33(39)25(2)36(23-26-12-10-11-17-31(26)34)32(38)24-37(43(40,41)30-15-8-5-9-16-30)27-18-20-29(21-19-27)42-28-13-6-4-7-14-28/h4-21,25H,3,22-24H2,1-2H3,(H,35,39). The first kappa shape index (κ1) is 31.6. The lowest BCUT2D eigenvalue weighted by molar-refractivity contribution is -0.139. The molecule has 0 aliphatic rings. The highest BCUT2D eigenvalue weighted by molar-refractivity contribution is 7.92. The van der Waals surface area contributed by atoms with E-state index in [1.54, 1.807) is 73.7 Å². The van der Waals surface area contributed by atoms with E-state index in [9.17, 15) is 18.0 Å². The summed E-state index contributed by atoms with van der Waals surface area (Å²) >= 11 is 6.41. The smallest absolute Gasteiger partial charge is 0.264 e. The molecule has 4 aromatic carbocycles. The average molecular weight is 620 g/mol. The maximum Gasteiger partial charge on any atom is 0.264 e. The van der Waals surface area contributed by atoms with Crippen molar-refractivity contribution in [2.75, 3.05) is 17.4 Å². The molecule has 0 bridgehead atoms. The van der Waals surface area contributed by atoms with E-state index in [1.165, 1.54) is 17.0 Å². The second-order valence-corrected chi connectivity index (χ2v) is 12.1. The van der Waals surface area contributed by atoms with Gasteiger partial charge in [0.2, 0.25) is 11.8 Å². The Kier molecular flexibility index (Phi) is 10.8. The maximum atomic E-state index is 14.0. The van der Waals surface area contributed by atoms with Gasteiger partial charge in [-0.15, -0.1) is 0 Å². The summed E-state index contributed by atoms with van der Waals surface area (Å²) in [4.78, 5) is 28.4. The van der Waals surface area contributed by atoms with Gasteiger partial charge in [-0.25, -0.2) is 8.42 Å². The minimum Gasteiger partial charge on any atom is -0.457 e. The number of sulfonamides is 1. The number of hydrogen-bond acceptors (Lipinski definition) is 5. The van der Waals surface area contributed by atoms with Gasteiger partial charge in [0, 0.05) is 18.1 Å². The highest BCUT2D eigenvalue weighted by atomic mass is 35.5. The van der Waals surface area contributed by atoms with E-state index in [0.29, 0.717) is 28.6 Å². The van der Waals surface area contributed by atoms with Crippen molar-refractivity contribution in [3.63, 3.8) is 0 Å². The van der Waals surface area contributed by atoms with Crippen LogP contribution in [0.15, 0.2) is 114 Å². The minimum atomic E-state index is -4.18. The molecule has 10 heteroatoms. The minimum absolute atomic E-state index is 0.0162. The topological polar surface area (TPSA) is 96.0 Å². The van der Waals surface area contributed by atoms with Crippen LogP contribution >= 0.6 is 11.6 Å². The second-order valence-electron chi connectivity index (χ2n) is 9.81. The van der Waals surface area contributed by atoms with Crippen LogP contribution in [0.1, 0.15) is 25.8 Å². The zero-order chi connectivity index (χ0) is 30.8. The number of benzene rings is 4. The Morgan fingerprint density at radius 1 is 0.837 bits per heavy atom. The molecule has 0 aliphatic heterocycles. The Morgan fingerprint density at radius 2 is 1.42 bits per heavy atom. The van der Waals surface area contributed by atoms with Crippen molar-refractivity contribution >= 4 is 39.1 Å². The highest BCUT2D eigenvalue weighted by Gasteiger charge is 2.32. The fourth-order valence-corrected chi connectivity index (χ4v) is 5.97. The molecule has 43 heavy (non-hydrogen) atoms. The van der Waals surface area contributed by atoms with Gasteiger partial charge in [-0.2, -0.15) is 0 Å². The van der Waals surface area contributed by atoms with Crippen LogP contribution in [-0.4, -0.2) is 44.3 Å². The molecule has 0 aromatic heterocycles. The predicted molar refractivity (Wildman–Crippen MR) is 169 cm³/mol. The number of carbonyl (C=O) groups excluding carboxylic acids is 2. The van der Waals surface area contributed by atoms with Crippen molar-refractivity contribution in [1.29, 1.82) is 0 Å². The lowest BCUT2D eigenvalue weighted by atomic mass is 10.1. The van der Waals surface area contributed by atoms with Crippen molar-refractivity contribution in [3.8, 4) is 11.5 Å². The number of hydrogen-bond donors (Lipinski definition) is 1. The SMILES string of the molecule is CCCNC(=O)C(C)N(Cc1ccccc1Cl)C(=O)CN(c1ccc(Oc2ccccc2)cc1)S(=O)(=O)c1ccccc1. The van der Waals surface area contributed by atoms with Crippen molar-refractivity contribution in [2.24, 2.45) is 0 Å². The van der Waals surface area contributed by atoms with Crippen LogP contribution in [0.2, 0.25) is 5.02 Å². The van der Waals surface area contributed by atoms with Gasteiger partial charge in [0.15, 0.2) is 0 Å². The molecule has 2 amide bonds. The van der Waals surface area contributed by atoms with Crippen LogP contribution < -0.4 is 14.4 Å². The molecule has 0 heterocycles. The lowest BCUT2D eigenvalue weighted by Crippen LogP contribution is -2.51. The van der Waals surface area contributed by atoms with E-state index < -0.39 is 28.5 Å². The molecule has 224 valence electrons. The third-order valence-electron chi connectivity index (χ3n) is 6.73. The molecule has 0 spiro atoms. The van der Waals surface area contributed by atoms with Crippen LogP contribution in [0.25, 0.3) is 0 Å². The van der Waals surface area contributed by atoms with E-state index in [0.717, 1.165) is 10.7 Å². The summed E-state index contributed by atoms with van der Waals surface area (Å²) in [5, 5.41) is 3.26. The van der Waals surface area contributed by atoms with Crippen LogP contribution in [0, 0.1) is 0 Å². The number of nitrogens with one attached hydrogen (secondary N) is 1.